The fraction of sp³-hybridized carbons (Fsp3) is 0.138. The number of aromatic amines is 2. The topological polar surface area (TPSA) is 158 Å². The van der Waals surface area contributed by atoms with Crippen LogP contribution in [0.1, 0.15) is 18.9 Å². The molecule has 6 rings (SSSR count). The number of imidazole rings is 1. The summed E-state index contributed by atoms with van der Waals surface area (Å²) in [6.07, 6.45) is 5.95. The number of hydrogen-bond donors (Lipinski definition) is 4. The minimum atomic E-state index is -3.48. The van der Waals surface area contributed by atoms with Crippen molar-refractivity contribution in [3.05, 3.63) is 78.3 Å². The molecule has 2 aromatic carbocycles. The lowest BCUT2D eigenvalue weighted by atomic mass is 10.0. The first-order valence-electron chi connectivity index (χ1n) is 13.1. The Hall–Kier alpha value is -5.08. The van der Waals surface area contributed by atoms with Crippen LogP contribution in [0.2, 0.25) is 0 Å². The molecule has 0 aliphatic heterocycles. The third-order valence-electron chi connectivity index (χ3n) is 6.70. The Morgan fingerprint density at radius 2 is 1.84 bits per heavy atom. The van der Waals surface area contributed by atoms with Crippen LogP contribution in [0.5, 0.6) is 0 Å². The lowest BCUT2D eigenvalue weighted by molar-refractivity contribution is -0.115. The number of nitrogens with zero attached hydrogens (tertiary/aromatic N) is 4. The summed E-state index contributed by atoms with van der Waals surface area (Å²) in [6.45, 7) is 1.64. The van der Waals surface area contributed by atoms with E-state index in [4.69, 9.17) is 4.98 Å². The van der Waals surface area contributed by atoms with E-state index >= 15 is 4.39 Å². The number of nitrogens with one attached hydrogen (secondary N) is 4. The maximum Gasteiger partial charge on any atom is 0.224 e. The van der Waals surface area contributed by atoms with Gasteiger partial charge < -0.3 is 10.3 Å². The van der Waals surface area contributed by atoms with Crippen molar-refractivity contribution in [3.8, 4) is 33.9 Å². The van der Waals surface area contributed by atoms with E-state index in [0.29, 0.717) is 68.0 Å². The van der Waals surface area contributed by atoms with Crippen molar-refractivity contribution in [1.82, 2.24) is 34.9 Å². The van der Waals surface area contributed by atoms with Gasteiger partial charge in [-0.1, -0.05) is 6.92 Å². The third kappa shape index (κ3) is 5.82. The number of H-pyrrole nitrogens is 2. The van der Waals surface area contributed by atoms with Crippen molar-refractivity contribution in [1.29, 1.82) is 0 Å². The predicted molar refractivity (Wildman–Crippen MR) is 158 cm³/mol. The molecule has 1 amide bonds. The van der Waals surface area contributed by atoms with Crippen molar-refractivity contribution in [3.63, 3.8) is 0 Å². The number of halogens is 2. The van der Waals surface area contributed by atoms with Gasteiger partial charge in [-0.15, -0.1) is 0 Å². The van der Waals surface area contributed by atoms with Gasteiger partial charge in [0.25, 0.3) is 0 Å². The molecule has 218 valence electrons. The monoisotopic (exact) mass is 602 g/mol. The zero-order valence-corrected chi connectivity index (χ0v) is 23.7. The smallest absolute Gasteiger partial charge is 0.224 e. The molecule has 0 saturated carbocycles. The van der Waals surface area contributed by atoms with Gasteiger partial charge in [-0.3, -0.25) is 19.9 Å². The molecule has 4 aromatic heterocycles. The number of carbonyl (C=O) groups excluding carboxylic acids is 1. The normalized spacial score (nSPS) is 11.8. The van der Waals surface area contributed by atoms with Crippen LogP contribution in [0, 0.1) is 11.6 Å². The molecule has 0 aliphatic carbocycles. The Labute approximate surface area is 243 Å². The van der Waals surface area contributed by atoms with Crippen LogP contribution in [0.25, 0.3) is 55.8 Å². The van der Waals surface area contributed by atoms with Gasteiger partial charge in [-0.25, -0.2) is 26.9 Å². The summed E-state index contributed by atoms with van der Waals surface area (Å²) in [5, 5.41) is 10.2. The van der Waals surface area contributed by atoms with Crippen LogP contribution in [-0.2, 0) is 21.4 Å². The highest BCUT2D eigenvalue weighted by atomic mass is 32.2. The number of aromatic nitrogens is 6. The Bertz CT molecular complexity index is 2140. The first-order chi connectivity index (χ1) is 20.6. The van der Waals surface area contributed by atoms with Gasteiger partial charge in [0.15, 0.2) is 11.6 Å². The maximum absolute atomic E-state index is 15.2. The van der Waals surface area contributed by atoms with Crippen LogP contribution in [0.3, 0.4) is 0 Å². The zero-order valence-electron chi connectivity index (χ0n) is 22.9. The molecule has 11 nitrogen and oxygen atoms in total. The number of fused-ring (bicyclic) bond motifs is 2. The van der Waals surface area contributed by atoms with Crippen LogP contribution in [0.4, 0.5) is 14.5 Å². The zero-order chi connectivity index (χ0) is 30.3. The quantitative estimate of drug-likeness (QED) is 0.193. The van der Waals surface area contributed by atoms with Gasteiger partial charge in [0.1, 0.15) is 22.5 Å². The number of pyridine rings is 2. The lowest BCUT2D eigenvalue weighted by Gasteiger charge is -2.07. The van der Waals surface area contributed by atoms with E-state index in [0.717, 1.165) is 6.26 Å². The van der Waals surface area contributed by atoms with Crippen molar-refractivity contribution < 1.29 is 22.0 Å². The number of carbonyl (C=O) groups is 1. The lowest BCUT2D eigenvalue weighted by Crippen LogP contribution is -2.21. The molecule has 0 aliphatic rings. The summed E-state index contributed by atoms with van der Waals surface area (Å²) < 4.78 is 55.2. The number of anilines is 1. The number of amides is 1. The van der Waals surface area contributed by atoms with Gasteiger partial charge in [0.05, 0.1) is 29.4 Å². The second-order valence-electron chi connectivity index (χ2n) is 9.90. The number of benzene rings is 2. The van der Waals surface area contributed by atoms with E-state index in [2.05, 4.69) is 35.2 Å². The van der Waals surface area contributed by atoms with Crippen LogP contribution in [-0.4, -0.2) is 50.7 Å². The molecule has 4 N–H and O–H groups in total. The second kappa shape index (κ2) is 11.0. The Balaban J connectivity index is 1.41. The molecule has 0 atom stereocenters. The van der Waals surface area contributed by atoms with Crippen LogP contribution >= 0.6 is 0 Å². The molecule has 0 saturated heterocycles. The summed E-state index contributed by atoms with van der Waals surface area (Å²) in [4.78, 5) is 28.4. The van der Waals surface area contributed by atoms with Crippen molar-refractivity contribution in [2.45, 2.75) is 19.9 Å². The minimum absolute atomic E-state index is 0.0944. The predicted octanol–water partition coefficient (Wildman–Crippen LogP) is 4.91. The van der Waals surface area contributed by atoms with Gasteiger partial charge in [-0.05, 0) is 53.6 Å². The minimum Gasteiger partial charge on any atom is -0.337 e. The highest BCUT2D eigenvalue weighted by molar-refractivity contribution is 7.88. The maximum atomic E-state index is 15.2. The summed E-state index contributed by atoms with van der Waals surface area (Å²) in [5.74, 6) is -0.948. The van der Waals surface area contributed by atoms with Gasteiger partial charge in [0, 0.05) is 41.9 Å². The molecule has 0 unspecified atom stereocenters. The van der Waals surface area contributed by atoms with E-state index in [-0.39, 0.29) is 18.0 Å². The average molecular weight is 603 g/mol. The molecule has 0 bridgehead atoms. The summed E-state index contributed by atoms with van der Waals surface area (Å²) in [6, 6.07) is 10.7. The van der Waals surface area contributed by atoms with Crippen LogP contribution in [0.15, 0.2) is 61.1 Å². The number of sulfonamides is 1. The van der Waals surface area contributed by atoms with E-state index in [1.54, 1.807) is 43.6 Å². The molecule has 0 radical (unpaired) electrons. The third-order valence-corrected chi connectivity index (χ3v) is 7.36. The number of hydrogen-bond acceptors (Lipinski definition) is 7. The highest BCUT2D eigenvalue weighted by Crippen LogP contribution is 2.34. The first-order valence-corrected chi connectivity index (χ1v) is 15.0. The fourth-order valence-electron chi connectivity index (χ4n) is 4.71. The largest absolute Gasteiger partial charge is 0.337 e. The first kappa shape index (κ1) is 28.1. The summed E-state index contributed by atoms with van der Waals surface area (Å²) >= 11 is 0. The molecule has 4 heterocycles. The molecule has 6 aromatic rings. The Morgan fingerprint density at radius 3 is 2.63 bits per heavy atom. The molecule has 43 heavy (non-hydrogen) atoms. The van der Waals surface area contributed by atoms with E-state index in [9.17, 15) is 17.6 Å². The van der Waals surface area contributed by atoms with Gasteiger partial charge in [0.2, 0.25) is 15.9 Å². The molecular weight excluding hydrogens is 578 g/mol. The molecule has 0 spiro atoms. The highest BCUT2D eigenvalue weighted by Gasteiger charge is 2.19. The molecule has 14 heteroatoms. The SMILES string of the molecule is CCC(=O)Nc1cncc(-c2cc(F)c3n[nH]c(-c4nc5c(-c6cc(F)cc(CNS(C)(=O)=O)c6)nccc5[nH]4)c3c2)c1. The summed E-state index contributed by atoms with van der Waals surface area (Å²) in [5.41, 5.74) is 4.30. The number of rotatable bonds is 8. The summed E-state index contributed by atoms with van der Waals surface area (Å²) in [7, 11) is -3.48. The average Bonchev–Trinajstić information content (AvgIpc) is 3.60. The van der Waals surface area contributed by atoms with Crippen molar-refractivity contribution in [2.24, 2.45) is 0 Å². The second-order valence-corrected chi connectivity index (χ2v) is 11.7. The van der Waals surface area contributed by atoms with Gasteiger partial charge >= 0.3 is 0 Å². The van der Waals surface area contributed by atoms with Crippen LogP contribution < -0.4 is 10.0 Å². The fourth-order valence-corrected chi connectivity index (χ4v) is 5.14. The van der Waals surface area contributed by atoms with Crippen molar-refractivity contribution in [2.75, 3.05) is 11.6 Å². The molecular formula is C29H24F2N8O3S. The Kier molecular flexibility index (Phi) is 7.15. The Morgan fingerprint density at radius 1 is 1.00 bits per heavy atom. The van der Waals surface area contributed by atoms with E-state index in [1.807, 2.05) is 0 Å². The standard InChI is InChI=1S/C29H24F2N8O3S/c1-3-24(40)35-20-9-18(13-32-14-20)16-10-21-26(22(31)11-16)38-39-27(21)29-36-23-4-5-33-25(28(23)37-29)17-6-15(7-19(30)8-17)12-34-43(2,41)42/h4-11,13-14,34H,3,12H2,1-2H3,(H,35,40)(H,36,37)(H,38,39). The van der Waals surface area contributed by atoms with Crippen molar-refractivity contribution >= 4 is 43.6 Å². The molecule has 0 fully saturated rings. The van der Waals surface area contributed by atoms with E-state index in [1.165, 1.54) is 24.4 Å². The van der Waals surface area contributed by atoms with E-state index < -0.39 is 21.7 Å². The van der Waals surface area contributed by atoms with Gasteiger partial charge in [-0.2, -0.15) is 5.10 Å².